The van der Waals surface area contributed by atoms with Crippen molar-refractivity contribution >= 4 is 22.6 Å². The van der Waals surface area contributed by atoms with Gasteiger partial charge in [0.2, 0.25) is 0 Å². The molecule has 0 amide bonds. The average molecular weight is 447 g/mol. The standard InChI is InChI=1S/C29H22N2O3/c32-26(22-14-9-17-30-19-22)18-25-27(28(33)20-10-3-1-4-11-20)23-15-7-8-16-24(23)31(25)29(34)21-12-5-2-6-13-21/h1-17,19,26,32H,18H2. The van der Waals surface area contributed by atoms with Crippen molar-refractivity contribution < 1.29 is 14.7 Å². The Morgan fingerprint density at radius 3 is 2.12 bits per heavy atom. The van der Waals surface area contributed by atoms with Gasteiger partial charge < -0.3 is 5.11 Å². The summed E-state index contributed by atoms with van der Waals surface area (Å²) in [7, 11) is 0. The van der Waals surface area contributed by atoms with Crippen molar-refractivity contribution in [2.75, 3.05) is 0 Å². The van der Waals surface area contributed by atoms with Crippen molar-refractivity contribution in [2.45, 2.75) is 12.5 Å². The third-order valence-electron chi connectivity index (χ3n) is 5.92. The number of nitrogens with zero attached hydrogens (tertiary/aromatic N) is 2. The van der Waals surface area contributed by atoms with Gasteiger partial charge in [0.1, 0.15) is 0 Å². The van der Waals surface area contributed by atoms with Gasteiger partial charge in [0.25, 0.3) is 5.91 Å². The quantitative estimate of drug-likeness (QED) is 0.363. The molecule has 0 aliphatic heterocycles. The second-order valence-corrected chi connectivity index (χ2v) is 8.05. The number of carbonyl (C=O) groups excluding carboxylic acids is 2. The van der Waals surface area contributed by atoms with Gasteiger partial charge in [0, 0.05) is 41.0 Å². The zero-order valence-corrected chi connectivity index (χ0v) is 18.3. The first-order valence-corrected chi connectivity index (χ1v) is 11.0. The fraction of sp³-hybridized carbons (Fsp3) is 0.0690. The summed E-state index contributed by atoms with van der Waals surface area (Å²) >= 11 is 0. The van der Waals surface area contributed by atoms with Crippen LogP contribution in [0.1, 0.15) is 43.6 Å². The van der Waals surface area contributed by atoms with E-state index < -0.39 is 6.10 Å². The number of hydrogen-bond donors (Lipinski definition) is 1. The Kier molecular flexibility index (Phi) is 5.85. The van der Waals surface area contributed by atoms with E-state index in [0.29, 0.717) is 38.9 Å². The van der Waals surface area contributed by atoms with E-state index in [0.717, 1.165) is 0 Å². The molecule has 0 spiro atoms. The summed E-state index contributed by atoms with van der Waals surface area (Å²) in [5, 5.41) is 11.8. The van der Waals surface area contributed by atoms with Crippen LogP contribution < -0.4 is 0 Å². The monoisotopic (exact) mass is 446 g/mol. The third-order valence-corrected chi connectivity index (χ3v) is 5.92. The molecule has 5 nitrogen and oxygen atoms in total. The van der Waals surface area contributed by atoms with E-state index in [1.807, 2.05) is 48.5 Å². The zero-order valence-electron chi connectivity index (χ0n) is 18.3. The van der Waals surface area contributed by atoms with Crippen molar-refractivity contribution in [2.24, 2.45) is 0 Å². The Labute approximate surface area is 197 Å². The van der Waals surface area contributed by atoms with Gasteiger partial charge in [0.15, 0.2) is 5.78 Å². The molecule has 1 unspecified atom stereocenters. The fourth-order valence-corrected chi connectivity index (χ4v) is 4.29. The van der Waals surface area contributed by atoms with Gasteiger partial charge >= 0.3 is 0 Å². The summed E-state index contributed by atoms with van der Waals surface area (Å²) < 4.78 is 1.57. The molecule has 2 aromatic heterocycles. The maximum Gasteiger partial charge on any atom is 0.262 e. The Morgan fingerprint density at radius 2 is 1.44 bits per heavy atom. The molecule has 34 heavy (non-hydrogen) atoms. The largest absolute Gasteiger partial charge is 0.388 e. The minimum absolute atomic E-state index is 0.0762. The second-order valence-electron chi connectivity index (χ2n) is 8.05. The van der Waals surface area contributed by atoms with Crippen LogP contribution in [-0.2, 0) is 6.42 Å². The van der Waals surface area contributed by atoms with E-state index in [4.69, 9.17) is 0 Å². The molecule has 5 rings (SSSR count). The number of benzene rings is 3. The molecule has 166 valence electrons. The van der Waals surface area contributed by atoms with E-state index in [2.05, 4.69) is 4.98 Å². The minimum atomic E-state index is -0.942. The number of para-hydroxylation sites is 1. The van der Waals surface area contributed by atoms with Crippen LogP contribution in [0.25, 0.3) is 10.9 Å². The van der Waals surface area contributed by atoms with Gasteiger partial charge in [-0.25, -0.2) is 0 Å². The van der Waals surface area contributed by atoms with Crippen LogP contribution in [0, 0.1) is 0 Å². The number of carbonyl (C=O) groups is 2. The zero-order chi connectivity index (χ0) is 23.5. The highest BCUT2D eigenvalue weighted by molar-refractivity contribution is 6.19. The van der Waals surface area contributed by atoms with Crippen LogP contribution in [0.5, 0.6) is 0 Å². The molecule has 0 aliphatic rings. The minimum Gasteiger partial charge on any atom is -0.388 e. The lowest BCUT2D eigenvalue weighted by Gasteiger charge is -2.15. The van der Waals surface area contributed by atoms with Crippen LogP contribution in [0.2, 0.25) is 0 Å². The number of aliphatic hydroxyl groups is 1. The van der Waals surface area contributed by atoms with Crippen LogP contribution in [0.15, 0.2) is 109 Å². The Morgan fingerprint density at radius 1 is 0.794 bits per heavy atom. The number of ketones is 1. The summed E-state index contributed by atoms with van der Waals surface area (Å²) in [6.07, 6.45) is 2.36. The Hall–Kier alpha value is -4.35. The van der Waals surface area contributed by atoms with E-state index in [9.17, 15) is 14.7 Å². The van der Waals surface area contributed by atoms with Gasteiger partial charge in [-0.05, 0) is 29.8 Å². The first-order valence-electron chi connectivity index (χ1n) is 11.0. The second kappa shape index (κ2) is 9.25. The van der Waals surface area contributed by atoms with Crippen molar-refractivity contribution in [1.29, 1.82) is 0 Å². The number of pyridine rings is 1. The highest BCUT2D eigenvalue weighted by atomic mass is 16.3. The van der Waals surface area contributed by atoms with E-state index in [-0.39, 0.29) is 18.1 Å². The molecular weight excluding hydrogens is 424 g/mol. The Bertz CT molecular complexity index is 1370. The lowest BCUT2D eigenvalue weighted by molar-refractivity contribution is 0.0958. The molecule has 0 radical (unpaired) electrons. The van der Waals surface area contributed by atoms with Gasteiger partial charge in [-0.3, -0.25) is 19.1 Å². The van der Waals surface area contributed by atoms with E-state index >= 15 is 0 Å². The SMILES string of the molecule is O=C(c1ccccc1)c1c(CC(O)c2cccnc2)n(C(=O)c2ccccc2)c2ccccc12. The number of aromatic nitrogens is 2. The normalized spacial score (nSPS) is 11.9. The first kappa shape index (κ1) is 21.5. The first-order chi connectivity index (χ1) is 16.6. The molecule has 2 heterocycles. The predicted octanol–water partition coefficient (Wildman–Crippen LogP) is 5.23. The number of hydrogen-bond acceptors (Lipinski definition) is 4. The van der Waals surface area contributed by atoms with Gasteiger partial charge in [-0.2, -0.15) is 0 Å². The Balaban J connectivity index is 1.75. The summed E-state index contributed by atoms with van der Waals surface area (Å²) in [5.41, 5.74) is 3.16. The van der Waals surface area contributed by atoms with Crippen molar-refractivity contribution in [3.63, 3.8) is 0 Å². The summed E-state index contributed by atoms with van der Waals surface area (Å²) in [6.45, 7) is 0. The maximum atomic E-state index is 13.8. The fourth-order valence-electron chi connectivity index (χ4n) is 4.29. The average Bonchev–Trinajstić information content (AvgIpc) is 3.22. The molecule has 1 atom stereocenters. The topological polar surface area (TPSA) is 72.2 Å². The number of rotatable bonds is 6. The molecule has 0 saturated heterocycles. The maximum absolute atomic E-state index is 13.8. The van der Waals surface area contributed by atoms with Gasteiger partial charge in [-0.1, -0.05) is 72.8 Å². The van der Waals surface area contributed by atoms with Crippen molar-refractivity contribution in [3.8, 4) is 0 Å². The van der Waals surface area contributed by atoms with Crippen molar-refractivity contribution in [3.05, 3.63) is 137 Å². The molecule has 0 fully saturated rings. The molecule has 0 saturated carbocycles. The molecule has 0 bridgehead atoms. The molecule has 0 aliphatic carbocycles. The van der Waals surface area contributed by atoms with Crippen LogP contribution in [-0.4, -0.2) is 26.3 Å². The highest BCUT2D eigenvalue weighted by Crippen LogP contribution is 2.32. The van der Waals surface area contributed by atoms with Crippen LogP contribution in [0.3, 0.4) is 0 Å². The van der Waals surface area contributed by atoms with E-state index in [1.54, 1.807) is 65.5 Å². The highest BCUT2D eigenvalue weighted by Gasteiger charge is 2.28. The smallest absolute Gasteiger partial charge is 0.262 e. The number of fused-ring (bicyclic) bond motifs is 1. The third kappa shape index (κ3) is 3.93. The van der Waals surface area contributed by atoms with Gasteiger partial charge in [0.05, 0.1) is 17.2 Å². The number of aliphatic hydroxyl groups excluding tert-OH is 1. The molecule has 1 N–H and O–H groups in total. The van der Waals surface area contributed by atoms with Crippen LogP contribution in [0.4, 0.5) is 0 Å². The molecule has 3 aromatic carbocycles. The predicted molar refractivity (Wildman–Crippen MR) is 131 cm³/mol. The summed E-state index contributed by atoms with van der Waals surface area (Å²) in [5.74, 6) is -0.443. The molecule has 5 heteroatoms. The van der Waals surface area contributed by atoms with E-state index in [1.165, 1.54) is 0 Å². The summed E-state index contributed by atoms with van der Waals surface area (Å²) in [6, 6.07) is 28.8. The van der Waals surface area contributed by atoms with Crippen molar-refractivity contribution in [1.82, 2.24) is 9.55 Å². The molecular formula is C29H22N2O3. The van der Waals surface area contributed by atoms with Gasteiger partial charge in [-0.15, -0.1) is 0 Å². The lowest BCUT2D eigenvalue weighted by Crippen LogP contribution is -2.19. The lowest BCUT2D eigenvalue weighted by atomic mass is 9.96. The summed E-state index contributed by atoms with van der Waals surface area (Å²) in [4.78, 5) is 31.6. The van der Waals surface area contributed by atoms with Crippen LogP contribution >= 0.6 is 0 Å². The molecule has 5 aromatic rings.